The fourth-order valence-electron chi connectivity index (χ4n) is 2.57. The molecule has 0 unspecified atom stereocenters. The lowest BCUT2D eigenvalue weighted by Gasteiger charge is -2.35. The van der Waals surface area contributed by atoms with E-state index in [0.29, 0.717) is 5.69 Å². The predicted octanol–water partition coefficient (Wildman–Crippen LogP) is 2.04. The van der Waals surface area contributed by atoms with Crippen molar-refractivity contribution in [2.24, 2.45) is 5.92 Å². The molecule has 5 heteroatoms. The van der Waals surface area contributed by atoms with Crippen molar-refractivity contribution in [3.63, 3.8) is 0 Å². The number of pyridine rings is 1. The number of carbonyl (C=O) groups excluding carboxylic acids is 1. The van der Waals surface area contributed by atoms with E-state index in [9.17, 15) is 4.79 Å². The summed E-state index contributed by atoms with van der Waals surface area (Å²) >= 11 is 0. The van der Waals surface area contributed by atoms with Crippen molar-refractivity contribution in [2.45, 2.75) is 32.7 Å². The van der Waals surface area contributed by atoms with Crippen LogP contribution in [-0.2, 0) is 4.79 Å². The summed E-state index contributed by atoms with van der Waals surface area (Å²) < 4.78 is 0. The Morgan fingerprint density at radius 2 is 2.10 bits per heavy atom. The molecule has 0 aromatic carbocycles. The molecule has 0 atom stereocenters. The standard InChI is InChI=1S/C16H22N4O/c1-12(2)19(3)16(21)13-6-8-20(9-7-13)15-5-4-14(10-17)18-11-15/h4-5,11-13H,6-9H2,1-3H3. The van der Waals surface area contributed by atoms with Gasteiger partial charge < -0.3 is 9.80 Å². The summed E-state index contributed by atoms with van der Waals surface area (Å²) in [4.78, 5) is 20.5. The average Bonchev–Trinajstić information content (AvgIpc) is 2.53. The Morgan fingerprint density at radius 3 is 2.57 bits per heavy atom. The van der Waals surface area contributed by atoms with Crippen molar-refractivity contribution >= 4 is 11.6 Å². The highest BCUT2D eigenvalue weighted by molar-refractivity contribution is 5.79. The van der Waals surface area contributed by atoms with Gasteiger partial charge in [0.2, 0.25) is 5.91 Å². The summed E-state index contributed by atoms with van der Waals surface area (Å²) in [7, 11) is 1.88. The van der Waals surface area contributed by atoms with Crippen LogP contribution in [0.4, 0.5) is 5.69 Å². The van der Waals surface area contributed by atoms with Crippen LogP contribution in [0, 0.1) is 17.2 Å². The molecule has 0 N–H and O–H groups in total. The smallest absolute Gasteiger partial charge is 0.225 e. The minimum absolute atomic E-state index is 0.125. The van der Waals surface area contributed by atoms with Gasteiger partial charge in [0, 0.05) is 32.1 Å². The first kappa shape index (κ1) is 15.3. The van der Waals surface area contributed by atoms with Gasteiger partial charge in [-0.3, -0.25) is 4.79 Å². The Kier molecular flexibility index (Phi) is 4.79. The highest BCUT2D eigenvalue weighted by atomic mass is 16.2. The summed E-state index contributed by atoms with van der Waals surface area (Å²) in [6.45, 7) is 5.79. The molecule has 1 aliphatic rings. The zero-order chi connectivity index (χ0) is 15.4. The average molecular weight is 286 g/mol. The molecule has 5 nitrogen and oxygen atoms in total. The Hall–Kier alpha value is -2.09. The predicted molar refractivity (Wildman–Crippen MR) is 81.8 cm³/mol. The number of aromatic nitrogens is 1. The van der Waals surface area contributed by atoms with Gasteiger partial charge in [-0.25, -0.2) is 4.98 Å². The number of anilines is 1. The molecule has 1 aromatic rings. The summed E-state index contributed by atoms with van der Waals surface area (Å²) in [5, 5.41) is 8.76. The van der Waals surface area contributed by atoms with E-state index in [4.69, 9.17) is 5.26 Å². The number of rotatable bonds is 3. The molecule has 112 valence electrons. The zero-order valence-corrected chi connectivity index (χ0v) is 12.9. The molecule has 0 saturated carbocycles. The van der Waals surface area contributed by atoms with Gasteiger partial charge in [-0.2, -0.15) is 5.26 Å². The maximum atomic E-state index is 12.3. The number of piperidine rings is 1. The Labute approximate surface area is 126 Å². The van der Waals surface area contributed by atoms with Gasteiger partial charge in [0.25, 0.3) is 0 Å². The van der Waals surface area contributed by atoms with Crippen LogP contribution in [0.2, 0.25) is 0 Å². The van der Waals surface area contributed by atoms with E-state index in [2.05, 4.69) is 9.88 Å². The molecular formula is C16H22N4O. The van der Waals surface area contributed by atoms with Crippen LogP contribution in [-0.4, -0.2) is 42.0 Å². The van der Waals surface area contributed by atoms with E-state index >= 15 is 0 Å². The number of carbonyl (C=O) groups is 1. The first-order chi connectivity index (χ1) is 10.0. The van der Waals surface area contributed by atoms with Crippen molar-refractivity contribution in [1.82, 2.24) is 9.88 Å². The number of nitriles is 1. The van der Waals surface area contributed by atoms with Crippen LogP contribution in [0.25, 0.3) is 0 Å². The van der Waals surface area contributed by atoms with Crippen LogP contribution in [0.1, 0.15) is 32.4 Å². The van der Waals surface area contributed by atoms with Crippen molar-refractivity contribution in [3.8, 4) is 6.07 Å². The Morgan fingerprint density at radius 1 is 1.43 bits per heavy atom. The maximum absolute atomic E-state index is 12.3. The van der Waals surface area contributed by atoms with E-state index in [0.717, 1.165) is 31.6 Å². The molecule has 2 rings (SSSR count). The van der Waals surface area contributed by atoms with E-state index in [-0.39, 0.29) is 17.9 Å². The second-order valence-corrected chi connectivity index (χ2v) is 5.82. The summed E-state index contributed by atoms with van der Waals surface area (Å²) in [5.74, 6) is 0.377. The summed E-state index contributed by atoms with van der Waals surface area (Å²) in [6, 6.07) is 5.93. The number of nitrogens with zero attached hydrogens (tertiary/aromatic N) is 4. The molecule has 2 heterocycles. The van der Waals surface area contributed by atoms with Crippen molar-refractivity contribution in [1.29, 1.82) is 5.26 Å². The second-order valence-electron chi connectivity index (χ2n) is 5.82. The summed E-state index contributed by atoms with van der Waals surface area (Å²) in [6.07, 6.45) is 3.48. The first-order valence-corrected chi connectivity index (χ1v) is 7.40. The number of hydrogen-bond donors (Lipinski definition) is 0. The maximum Gasteiger partial charge on any atom is 0.225 e. The molecule has 21 heavy (non-hydrogen) atoms. The van der Waals surface area contributed by atoms with Gasteiger partial charge in [-0.1, -0.05) is 0 Å². The molecule has 0 aliphatic carbocycles. The van der Waals surface area contributed by atoms with Gasteiger partial charge >= 0.3 is 0 Å². The van der Waals surface area contributed by atoms with E-state index in [1.165, 1.54) is 0 Å². The molecule has 1 amide bonds. The normalized spacial score (nSPS) is 15.9. The van der Waals surface area contributed by atoms with Crippen LogP contribution in [0.3, 0.4) is 0 Å². The minimum Gasteiger partial charge on any atom is -0.370 e. The van der Waals surface area contributed by atoms with E-state index in [1.54, 1.807) is 12.3 Å². The Bertz CT molecular complexity index is 524. The van der Waals surface area contributed by atoms with E-state index in [1.807, 2.05) is 37.9 Å². The molecule has 1 saturated heterocycles. The molecule has 0 spiro atoms. The van der Waals surface area contributed by atoms with Crippen molar-refractivity contribution < 1.29 is 4.79 Å². The third kappa shape index (κ3) is 3.52. The molecule has 0 radical (unpaired) electrons. The lowest BCUT2D eigenvalue weighted by Crippen LogP contribution is -2.43. The number of hydrogen-bond acceptors (Lipinski definition) is 4. The third-order valence-corrected chi connectivity index (χ3v) is 4.19. The molecule has 1 aliphatic heterocycles. The fourth-order valence-corrected chi connectivity index (χ4v) is 2.57. The van der Waals surface area contributed by atoms with Crippen molar-refractivity contribution in [3.05, 3.63) is 24.0 Å². The lowest BCUT2D eigenvalue weighted by molar-refractivity contribution is -0.136. The summed E-state index contributed by atoms with van der Waals surface area (Å²) in [5.41, 5.74) is 1.46. The van der Waals surface area contributed by atoms with E-state index < -0.39 is 0 Å². The lowest BCUT2D eigenvalue weighted by atomic mass is 9.94. The zero-order valence-electron chi connectivity index (χ0n) is 12.9. The van der Waals surface area contributed by atoms with Crippen LogP contribution in [0.5, 0.6) is 0 Å². The quantitative estimate of drug-likeness (QED) is 0.853. The fraction of sp³-hybridized carbons (Fsp3) is 0.562. The molecule has 1 fully saturated rings. The SMILES string of the molecule is CC(C)N(C)C(=O)C1CCN(c2ccc(C#N)nc2)CC1. The Balaban J connectivity index is 1.94. The van der Waals surface area contributed by atoms with Crippen LogP contribution in [0.15, 0.2) is 18.3 Å². The van der Waals surface area contributed by atoms with Crippen LogP contribution < -0.4 is 4.90 Å². The first-order valence-electron chi connectivity index (χ1n) is 7.40. The third-order valence-electron chi connectivity index (χ3n) is 4.19. The monoisotopic (exact) mass is 286 g/mol. The van der Waals surface area contributed by atoms with Gasteiger partial charge in [0.15, 0.2) is 0 Å². The highest BCUT2D eigenvalue weighted by Crippen LogP contribution is 2.24. The van der Waals surface area contributed by atoms with Gasteiger partial charge in [-0.15, -0.1) is 0 Å². The second kappa shape index (κ2) is 6.57. The molecule has 1 aromatic heterocycles. The highest BCUT2D eigenvalue weighted by Gasteiger charge is 2.28. The van der Waals surface area contributed by atoms with Gasteiger partial charge in [0.1, 0.15) is 11.8 Å². The van der Waals surface area contributed by atoms with Crippen molar-refractivity contribution in [2.75, 3.05) is 25.0 Å². The molecular weight excluding hydrogens is 264 g/mol. The topological polar surface area (TPSA) is 60.2 Å². The minimum atomic E-state index is 0.125. The van der Waals surface area contributed by atoms with Gasteiger partial charge in [-0.05, 0) is 38.8 Å². The van der Waals surface area contributed by atoms with Gasteiger partial charge in [0.05, 0.1) is 11.9 Å². The largest absolute Gasteiger partial charge is 0.370 e. The van der Waals surface area contributed by atoms with Crippen LogP contribution >= 0.6 is 0 Å². The number of amides is 1. The molecule has 0 bridgehead atoms.